The number of nitro benzene ring substituents is 1. The molecule has 0 radical (unpaired) electrons. The van der Waals surface area contributed by atoms with E-state index in [1.165, 1.54) is 24.3 Å². The van der Waals surface area contributed by atoms with E-state index in [9.17, 15) is 19.7 Å². The van der Waals surface area contributed by atoms with Gasteiger partial charge in [-0.3, -0.25) is 10.1 Å². The normalized spacial score (nSPS) is 23.5. The highest BCUT2D eigenvalue weighted by Crippen LogP contribution is 2.44. The Morgan fingerprint density at radius 1 is 0.974 bits per heavy atom. The average Bonchev–Trinajstić information content (AvgIpc) is 3.03. The molecule has 1 heterocycles. The van der Waals surface area contributed by atoms with Crippen molar-refractivity contribution < 1.29 is 33.3 Å². The third-order valence-corrected chi connectivity index (χ3v) is 7.47. The Balaban J connectivity index is 1.49. The quantitative estimate of drug-likeness (QED) is 0.244. The Bertz CT molecular complexity index is 1230. The van der Waals surface area contributed by atoms with Gasteiger partial charge in [-0.05, 0) is 71.6 Å². The van der Waals surface area contributed by atoms with Crippen LogP contribution in [0.2, 0.25) is 0 Å². The van der Waals surface area contributed by atoms with E-state index in [1.54, 1.807) is 20.8 Å². The zero-order chi connectivity index (χ0) is 28.8. The molecule has 0 bridgehead atoms. The van der Waals surface area contributed by atoms with E-state index in [0.717, 1.165) is 11.0 Å². The lowest BCUT2D eigenvalue weighted by molar-refractivity contribution is -0.384. The predicted octanol–water partition coefficient (Wildman–Crippen LogP) is 4.63. The van der Waals surface area contributed by atoms with Gasteiger partial charge in [-0.15, -0.1) is 0 Å². The van der Waals surface area contributed by atoms with Crippen molar-refractivity contribution in [3.63, 3.8) is 0 Å². The molecular weight excluding hydrogens is 503 g/mol. The Morgan fingerprint density at radius 2 is 1.51 bits per heavy atom. The fourth-order valence-corrected chi connectivity index (χ4v) is 4.59. The lowest BCUT2D eigenvalue weighted by Crippen LogP contribution is -2.58. The van der Waals surface area contributed by atoms with Crippen molar-refractivity contribution in [3.8, 4) is 0 Å². The minimum Gasteiger partial charge on any atom is -0.459 e. The number of hydrogen-bond donors (Lipinski definition) is 1. The van der Waals surface area contributed by atoms with Crippen LogP contribution in [0.1, 0.15) is 77.2 Å². The molecule has 2 aliphatic rings. The van der Waals surface area contributed by atoms with Gasteiger partial charge in [0.25, 0.3) is 5.69 Å². The molecule has 0 unspecified atom stereocenters. The summed E-state index contributed by atoms with van der Waals surface area (Å²) < 4.78 is 23.5. The number of non-ortho nitro benzene ring substituents is 1. The topological polar surface area (TPSA) is 126 Å². The number of rotatable bonds is 6. The molecule has 1 N–H and O–H groups in total. The van der Waals surface area contributed by atoms with Gasteiger partial charge >= 0.3 is 19.2 Å². The second-order valence-electron chi connectivity index (χ2n) is 12.2. The number of nitrogens with one attached hydrogen (secondary N) is 1. The number of benzene rings is 2. The van der Waals surface area contributed by atoms with Crippen LogP contribution in [0.5, 0.6) is 0 Å². The van der Waals surface area contributed by atoms with Crippen molar-refractivity contribution in [2.75, 3.05) is 0 Å². The number of hydrogen-bond acceptors (Lipinski definition) is 8. The van der Waals surface area contributed by atoms with Crippen LogP contribution in [-0.4, -0.2) is 47.0 Å². The molecule has 0 atom stereocenters. The maximum Gasteiger partial charge on any atom is 0.494 e. The fourth-order valence-electron chi connectivity index (χ4n) is 4.59. The second-order valence-corrected chi connectivity index (χ2v) is 12.2. The number of nitro groups is 1. The molecule has 2 fully saturated rings. The third-order valence-electron chi connectivity index (χ3n) is 7.47. The molecule has 0 spiro atoms. The predicted molar refractivity (Wildman–Crippen MR) is 145 cm³/mol. The average molecular weight is 538 g/mol. The molecular formula is C28H35BN2O8. The van der Waals surface area contributed by atoms with E-state index in [1.807, 2.05) is 52.0 Å². The summed E-state index contributed by atoms with van der Waals surface area (Å²) in [5, 5.41) is 13.9. The Morgan fingerprint density at radius 3 is 2.00 bits per heavy atom. The smallest absolute Gasteiger partial charge is 0.459 e. The Hall–Kier alpha value is -3.44. The van der Waals surface area contributed by atoms with Crippen LogP contribution in [0.15, 0.2) is 48.5 Å². The van der Waals surface area contributed by atoms with Crippen LogP contribution in [-0.2, 0) is 24.3 Å². The zero-order valence-electron chi connectivity index (χ0n) is 23.4. The minimum atomic E-state index is -0.808. The summed E-state index contributed by atoms with van der Waals surface area (Å²) in [7, 11) is -0.518. The van der Waals surface area contributed by atoms with Crippen molar-refractivity contribution >= 4 is 30.3 Å². The van der Waals surface area contributed by atoms with Crippen LogP contribution >= 0.6 is 0 Å². The van der Waals surface area contributed by atoms with Gasteiger partial charge in [0.05, 0.1) is 27.2 Å². The van der Waals surface area contributed by atoms with E-state index in [4.69, 9.17) is 18.8 Å². The van der Waals surface area contributed by atoms with Gasteiger partial charge in [0, 0.05) is 25.0 Å². The van der Waals surface area contributed by atoms with Gasteiger partial charge in [0.1, 0.15) is 11.7 Å². The molecule has 1 amide bonds. The first-order chi connectivity index (χ1) is 18.0. The summed E-state index contributed by atoms with van der Waals surface area (Å²) in [4.78, 5) is 35.8. The maximum absolute atomic E-state index is 12.8. The fraction of sp³-hybridized carbons (Fsp3) is 0.500. The van der Waals surface area contributed by atoms with Crippen molar-refractivity contribution in [2.45, 2.75) is 89.8 Å². The summed E-state index contributed by atoms with van der Waals surface area (Å²) in [6, 6.07) is 12.9. The third kappa shape index (κ3) is 6.09. The number of nitrogens with zero attached hydrogens (tertiary/aromatic N) is 1. The van der Waals surface area contributed by atoms with E-state index >= 15 is 0 Å². The number of ether oxygens (including phenoxy) is 2. The first-order valence-corrected chi connectivity index (χ1v) is 12.9. The monoisotopic (exact) mass is 538 g/mol. The number of esters is 1. The molecule has 11 heteroatoms. The number of amides is 1. The molecule has 1 aliphatic heterocycles. The highest BCUT2D eigenvalue weighted by atomic mass is 16.7. The van der Waals surface area contributed by atoms with Gasteiger partial charge in [-0.1, -0.05) is 24.3 Å². The van der Waals surface area contributed by atoms with Gasteiger partial charge in [-0.25, -0.2) is 9.59 Å². The van der Waals surface area contributed by atoms with Crippen LogP contribution in [0, 0.1) is 10.1 Å². The lowest BCUT2D eigenvalue weighted by Gasteiger charge is -2.47. The van der Waals surface area contributed by atoms with Gasteiger partial charge in [0.2, 0.25) is 0 Å². The summed E-state index contributed by atoms with van der Waals surface area (Å²) in [5.74, 6) is -0.586. The SMILES string of the molecule is CC(C)(C)OC(=O)NC1(c2ccc(B3OC(C)(C)C(C)(C)O3)cc2)CC(OC(=O)c2ccc([N+](=O)[O-])cc2)C1. The van der Waals surface area contributed by atoms with E-state index < -0.39 is 52.6 Å². The molecule has 1 saturated heterocycles. The van der Waals surface area contributed by atoms with Gasteiger partial charge in [-0.2, -0.15) is 0 Å². The molecule has 4 rings (SSSR count). The molecule has 39 heavy (non-hydrogen) atoms. The molecule has 1 aliphatic carbocycles. The lowest BCUT2D eigenvalue weighted by atomic mass is 9.68. The summed E-state index contributed by atoms with van der Waals surface area (Å²) in [6.07, 6.45) is -0.371. The van der Waals surface area contributed by atoms with E-state index in [2.05, 4.69) is 5.32 Å². The number of carbonyl (C=O) groups excluding carboxylic acids is 2. The van der Waals surface area contributed by atoms with Gasteiger partial charge in [0.15, 0.2) is 0 Å². The van der Waals surface area contributed by atoms with E-state index in [-0.39, 0.29) is 11.3 Å². The minimum absolute atomic E-state index is 0.111. The molecule has 2 aromatic carbocycles. The van der Waals surface area contributed by atoms with Crippen LogP contribution in [0.3, 0.4) is 0 Å². The van der Waals surface area contributed by atoms with Crippen molar-refractivity contribution in [1.29, 1.82) is 0 Å². The standard InChI is InChI=1S/C28H35BN2O8/c1-25(2,3)37-24(33)30-28(16-22(17-28)36-23(32)18-8-14-21(15-9-18)31(34)35)19-10-12-20(13-11-19)29-38-26(4,5)27(6,7)39-29/h8-15,22H,16-17H2,1-7H3,(H,30,33). The summed E-state index contributed by atoms with van der Waals surface area (Å²) in [6.45, 7) is 13.3. The van der Waals surface area contributed by atoms with Crippen molar-refractivity contribution in [3.05, 3.63) is 69.8 Å². The first kappa shape index (κ1) is 28.6. The van der Waals surface area contributed by atoms with Crippen molar-refractivity contribution in [2.24, 2.45) is 0 Å². The molecule has 208 valence electrons. The molecule has 0 aromatic heterocycles. The van der Waals surface area contributed by atoms with E-state index in [0.29, 0.717) is 12.8 Å². The van der Waals surface area contributed by atoms with Crippen molar-refractivity contribution in [1.82, 2.24) is 5.32 Å². The molecule has 10 nitrogen and oxygen atoms in total. The Kier molecular flexibility index (Phi) is 7.29. The molecule has 2 aromatic rings. The number of alkyl carbamates (subject to hydrolysis) is 1. The highest BCUT2D eigenvalue weighted by molar-refractivity contribution is 6.62. The second kappa shape index (κ2) is 9.95. The van der Waals surface area contributed by atoms with Gasteiger partial charge < -0.3 is 24.1 Å². The summed E-state index contributed by atoms with van der Waals surface area (Å²) >= 11 is 0. The van der Waals surface area contributed by atoms with Crippen LogP contribution in [0.4, 0.5) is 10.5 Å². The highest BCUT2D eigenvalue weighted by Gasteiger charge is 2.52. The summed E-state index contributed by atoms with van der Waals surface area (Å²) in [5.41, 5.74) is -0.643. The zero-order valence-corrected chi connectivity index (χ0v) is 23.4. The molecule has 1 saturated carbocycles. The van der Waals surface area contributed by atoms with Crippen LogP contribution in [0.25, 0.3) is 0 Å². The number of carbonyl (C=O) groups is 2. The largest absolute Gasteiger partial charge is 0.494 e. The van der Waals surface area contributed by atoms with Crippen LogP contribution < -0.4 is 10.8 Å². The Labute approximate surface area is 228 Å². The first-order valence-electron chi connectivity index (χ1n) is 12.9. The maximum atomic E-state index is 12.8.